The molecular formula is C18H13N3S2. The lowest BCUT2D eigenvalue weighted by atomic mass is 10.2. The highest BCUT2D eigenvalue weighted by atomic mass is 32.2. The Balaban J connectivity index is 1.80. The van der Waals surface area contributed by atoms with E-state index in [1.54, 1.807) is 29.7 Å². The van der Waals surface area contributed by atoms with Gasteiger partial charge in [-0.25, -0.2) is 4.98 Å². The Morgan fingerprint density at radius 3 is 2.26 bits per heavy atom. The molecule has 2 aromatic carbocycles. The molecular weight excluding hydrogens is 322 g/mol. The van der Waals surface area contributed by atoms with E-state index in [1.165, 1.54) is 0 Å². The van der Waals surface area contributed by atoms with Crippen LogP contribution in [-0.2, 0) is 0 Å². The van der Waals surface area contributed by atoms with Crippen LogP contribution in [0.4, 0.5) is 5.82 Å². The van der Waals surface area contributed by atoms with E-state index in [9.17, 15) is 0 Å². The first-order chi connectivity index (χ1) is 11.2. The van der Waals surface area contributed by atoms with E-state index in [1.807, 2.05) is 60.7 Å². The zero-order valence-corrected chi connectivity index (χ0v) is 13.8. The van der Waals surface area contributed by atoms with Gasteiger partial charge in [-0.15, -0.1) is 0 Å². The summed E-state index contributed by atoms with van der Waals surface area (Å²) in [6.45, 7) is 0. The van der Waals surface area contributed by atoms with Crippen LogP contribution in [0.25, 0.3) is 0 Å². The van der Waals surface area contributed by atoms with Crippen molar-refractivity contribution in [1.29, 1.82) is 5.26 Å². The van der Waals surface area contributed by atoms with Crippen molar-refractivity contribution in [3.05, 3.63) is 72.4 Å². The van der Waals surface area contributed by atoms with Crippen molar-refractivity contribution >= 4 is 29.3 Å². The Kier molecular flexibility index (Phi) is 4.86. The molecule has 0 fully saturated rings. The summed E-state index contributed by atoms with van der Waals surface area (Å²) in [5.74, 6) is 0.531. The quantitative estimate of drug-likeness (QED) is 0.739. The van der Waals surface area contributed by atoms with Crippen molar-refractivity contribution in [3.63, 3.8) is 0 Å². The first-order valence-corrected chi connectivity index (χ1v) is 8.54. The van der Waals surface area contributed by atoms with Gasteiger partial charge in [0.05, 0.1) is 16.5 Å². The number of nitrogens with two attached hydrogens (primary N) is 1. The van der Waals surface area contributed by atoms with Crippen LogP contribution in [0.1, 0.15) is 5.56 Å². The van der Waals surface area contributed by atoms with E-state index in [-0.39, 0.29) is 0 Å². The topological polar surface area (TPSA) is 62.7 Å². The number of nitriles is 1. The summed E-state index contributed by atoms with van der Waals surface area (Å²) < 4.78 is 0. The van der Waals surface area contributed by atoms with Crippen molar-refractivity contribution in [2.75, 3.05) is 5.73 Å². The average Bonchev–Trinajstić information content (AvgIpc) is 2.59. The molecule has 5 heteroatoms. The van der Waals surface area contributed by atoms with Crippen LogP contribution in [0, 0.1) is 11.3 Å². The smallest absolute Gasteiger partial charge is 0.137 e. The molecule has 0 saturated carbocycles. The molecule has 3 nitrogen and oxygen atoms in total. The number of rotatable bonds is 4. The molecule has 3 aromatic rings. The highest BCUT2D eigenvalue weighted by Gasteiger charge is 2.06. The Morgan fingerprint density at radius 1 is 0.870 bits per heavy atom. The molecule has 1 aromatic heterocycles. The Hall–Kier alpha value is -2.42. The van der Waals surface area contributed by atoms with Gasteiger partial charge in [0.2, 0.25) is 0 Å². The van der Waals surface area contributed by atoms with Crippen LogP contribution in [0.2, 0.25) is 0 Å². The van der Waals surface area contributed by atoms with Crippen LogP contribution in [0.3, 0.4) is 0 Å². The second-order valence-electron chi connectivity index (χ2n) is 4.71. The minimum Gasteiger partial charge on any atom is -0.383 e. The summed E-state index contributed by atoms with van der Waals surface area (Å²) in [5.41, 5.74) is 6.65. The maximum Gasteiger partial charge on any atom is 0.137 e. The fourth-order valence-electron chi connectivity index (χ4n) is 1.92. The Bertz CT molecular complexity index is 840. The second kappa shape index (κ2) is 7.23. The van der Waals surface area contributed by atoms with Crippen molar-refractivity contribution in [2.45, 2.75) is 19.6 Å². The molecule has 3 rings (SSSR count). The van der Waals surface area contributed by atoms with Gasteiger partial charge in [-0.05, 0) is 42.5 Å². The lowest BCUT2D eigenvalue weighted by Crippen LogP contribution is -1.93. The van der Waals surface area contributed by atoms with Gasteiger partial charge in [-0.2, -0.15) is 5.26 Å². The lowest BCUT2D eigenvalue weighted by Gasteiger charge is -2.07. The van der Waals surface area contributed by atoms with Gasteiger partial charge in [0.15, 0.2) is 0 Å². The monoisotopic (exact) mass is 335 g/mol. The lowest BCUT2D eigenvalue weighted by molar-refractivity contribution is 1.17. The number of hydrogen-bond acceptors (Lipinski definition) is 5. The third-order valence-corrected chi connectivity index (χ3v) is 5.07. The van der Waals surface area contributed by atoms with Gasteiger partial charge in [0.25, 0.3) is 0 Å². The standard InChI is InChI=1S/C18H13N3S2/c19-11-13-6-8-15(9-7-13)22-16-10-17(18(20)21-12-16)23-14-4-2-1-3-5-14/h1-10,12H,(H2,20,21). The molecule has 112 valence electrons. The third kappa shape index (κ3) is 4.07. The fraction of sp³-hybridized carbons (Fsp3) is 0. The average molecular weight is 335 g/mol. The van der Waals surface area contributed by atoms with E-state index in [2.05, 4.69) is 11.1 Å². The third-order valence-electron chi connectivity index (χ3n) is 3.05. The number of pyridine rings is 1. The summed E-state index contributed by atoms with van der Waals surface area (Å²) in [7, 11) is 0. The minimum absolute atomic E-state index is 0.531. The molecule has 0 amide bonds. The number of benzene rings is 2. The molecule has 0 aliphatic rings. The van der Waals surface area contributed by atoms with Gasteiger partial charge in [-0.3, -0.25) is 0 Å². The van der Waals surface area contributed by atoms with Gasteiger partial charge in [0, 0.05) is 20.9 Å². The molecule has 2 N–H and O–H groups in total. The van der Waals surface area contributed by atoms with Crippen molar-refractivity contribution in [1.82, 2.24) is 4.98 Å². The largest absolute Gasteiger partial charge is 0.383 e. The fourth-order valence-corrected chi connectivity index (χ4v) is 3.72. The predicted molar refractivity (Wildman–Crippen MR) is 94.5 cm³/mol. The van der Waals surface area contributed by atoms with Crippen molar-refractivity contribution < 1.29 is 0 Å². The SMILES string of the molecule is N#Cc1ccc(Sc2cnc(N)c(Sc3ccccc3)c2)cc1. The van der Waals surface area contributed by atoms with E-state index in [0.29, 0.717) is 11.4 Å². The molecule has 0 aliphatic carbocycles. The van der Waals surface area contributed by atoms with Crippen LogP contribution < -0.4 is 5.73 Å². The number of nitrogens with zero attached hydrogens (tertiary/aromatic N) is 2. The van der Waals surface area contributed by atoms with Crippen LogP contribution >= 0.6 is 23.5 Å². The summed E-state index contributed by atoms with van der Waals surface area (Å²) >= 11 is 3.20. The van der Waals surface area contributed by atoms with Gasteiger partial charge < -0.3 is 5.73 Å². The summed E-state index contributed by atoms with van der Waals surface area (Å²) in [6.07, 6.45) is 1.77. The molecule has 1 heterocycles. The molecule has 0 unspecified atom stereocenters. The highest BCUT2D eigenvalue weighted by Crippen LogP contribution is 2.35. The van der Waals surface area contributed by atoms with E-state index in [0.717, 1.165) is 19.6 Å². The molecule has 0 atom stereocenters. The molecule has 0 saturated heterocycles. The molecule has 0 aliphatic heterocycles. The van der Waals surface area contributed by atoms with Gasteiger partial charge in [-0.1, -0.05) is 41.7 Å². The van der Waals surface area contributed by atoms with E-state index in [4.69, 9.17) is 11.0 Å². The van der Waals surface area contributed by atoms with Crippen molar-refractivity contribution in [3.8, 4) is 6.07 Å². The zero-order valence-electron chi connectivity index (χ0n) is 12.1. The first kappa shape index (κ1) is 15.5. The van der Waals surface area contributed by atoms with E-state index >= 15 is 0 Å². The molecule has 23 heavy (non-hydrogen) atoms. The van der Waals surface area contributed by atoms with Crippen LogP contribution in [0.5, 0.6) is 0 Å². The maximum atomic E-state index is 8.84. The normalized spacial score (nSPS) is 10.2. The summed E-state index contributed by atoms with van der Waals surface area (Å²) in [4.78, 5) is 8.43. The zero-order chi connectivity index (χ0) is 16.1. The predicted octanol–water partition coefficient (Wildman–Crippen LogP) is 4.84. The Labute approximate surface area is 143 Å². The number of aromatic nitrogens is 1. The second-order valence-corrected chi connectivity index (χ2v) is 6.97. The highest BCUT2D eigenvalue weighted by molar-refractivity contribution is 8.00. The molecule has 0 radical (unpaired) electrons. The summed E-state index contributed by atoms with van der Waals surface area (Å²) in [6, 6.07) is 21.7. The van der Waals surface area contributed by atoms with Gasteiger partial charge in [0.1, 0.15) is 5.82 Å². The molecule has 0 spiro atoms. The van der Waals surface area contributed by atoms with Crippen LogP contribution in [0.15, 0.2) is 86.4 Å². The maximum absolute atomic E-state index is 8.84. The minimum atomic E-state index is 0.531. The number of nitrogen functional groups attached to an aromatic ring is 1. The number of hydrogen-bond donors (Lipinski definition) is 1. The van der Waals surface area contributed by atoms with E-state index < -0.39 is 0 Å². The Morgan fingerprint density at radius 2 is 1.57 bits per heavy atom. The number of anilines is 1. The first-order valence-electron chi connectivity index (χ1n) is 6.91. The van der Waals surface area contributed by atoms with Gasteiger partial charge >= 0.3 is 0 Å². The van der Waals surface area contributed by atoms with Crippen molar-refractivity contribution in [2.24, 2.45) is 0 Å². The molecule has 0 bridgehead atoms. The van der Waals surface area contributed by atoms with Crippen LogP contribution in [-0.4, -0.2) is 4.98 Å². The summed E-state index contributed by atoms with van der Waals surface area (Å²) in [5, 5.41) is 8.84.